The second-order valence-corrected chi connectivity index (χ2v) is 11.4. The third kappa shape index (κ3) is 49.0. The smallest absolute Gasteiger partial charge is 0.550 e. The number of hydrogen-bond acceptors (Lipinski definition) is 4. The van der Waals surface area contributed by atoms with Gasteiger partial charge in [-0.25, -0.2) is 0 Å². The Balaban J connectivity index is -0.000000688. The molecule has 41 heavy (non-hydrogen) atoms. The number of rotatable bonds is 30. The Morgan fingerprint density at radius 2 is 0.610 bits per heavy atom. The van der Waals surface area contributed by atoms with Gasteiger partial charge in [-0.1, -0.05) is 154 Å². The molecule has 0 bridgehead atoms. The van der Waals surface area contributed by atoms with E-state index in [1.165, 1.54) is 141 Å². The molecule has 242 valence electrons. The molecule has 0 saturated heterocycles. The van der Waals surface area contributed by atoms with Crippen molar-refractivity contribution in [1.29, 1.82) is 0 Å². The first-order valence-corrected chi connectivity index (χ1v) is 17.2. The minimum absolute atomic E-state index is 0. The number of carboxylic acids is 2. The molecule has 0 unspecified atom stereocenters. The largest absolute Gasteiger partial charge is 2.00 e. The summed E-state index contributed by atoms with van der Waals surface area (Å²) in [5, 5.41) is 20.4. The topological polar surface area (TPSA) is 80.3 Å². The van der Waals surface area contributed by atoms with Crippen LogP contribution in [0.4, 0.5) is 0 Å². The zero-order chi connectivity index (χ0) is 29.8. The first-order chi connectivity index (χ1) is 19.5. The first-order valence-electron chi connectivity index (χ1n) is 17.2. The zero-order valence-corrected chi connectivity index (χ0v) is 28.2. The third-order valence-corrected chi connectivity index (χ3v) is 7.29. The molecule has 0 radical (unpaired) electrons. The van der Waals surface area contributed by atoms with Crippen molar-refractivity contribution in [2.24, 2.45) is 0 Å². The van der Waals surface area contributed by atoms with Crippen LogP contribution in [0.2, 0.25) is 0 Å². The Kier molecular flexibility index (Phi) is 44.5. The van der Waals surface area contributed by atoms with E-state index in [4.69, 9.17) is 0 Å². The van der Waals surface area contributed by atoms with Crippen molar-refractivity contribution in [2.75, 3.05) is 0 Å². The summed E-state index contributed by atoms with van der Waals surface area (Å²) in [7, 11) is 0. The molecule has 0 aliphatic heterocycles. The van der Waals surface area contributed by atoms with Gasteiger partial charge in [0, 0.05) is 11.9 Å². The van der Waals surface area contributed by atoms with Crippen molar-refractivity contribution in [3.63, 3.8) is 0 Å². The Bertz CT molecular complexity index is 524. The van der Waals surface area contributed by atoms with Gasteiger partial charge in [-0.05, 0) is 64.2 Å². The van der Waals surface area contributed by atoms with Gasteiger partial charge in [0.1, 0.15) is 0 Å². The van der Waals surface area contributed by atoms with Gasteiger partial charge in [-0.3, -0.25) is 0 Å². The van der Waals surface area contributed by atoms with E-state index in [-0.39, 0.29) is 29.9 Å². The number of unbranched alkanes of at least 4 members (excludes halogenated alkanes) is 22. The standard InChI is InChI=1S/2C18H34O2.Fe/c2*1-2-3-4-5-6-7-8-9-10-11-12-13-14-15-16-17-18(19)20;/h2*5-6H,2-4,7-17H2,1H3,(H,19,20);/q;;+2/p-2/b2*6-5-;. The van der Waals surface area contributed by atoms with E-state index in [0.717, 1.165) is 25.7 Å². The number of carbonyl (C=O) groups excluding carboxylic acids is 2. The Morgan fingerprint density at radius 1 is 0.390 bits per heavy atom. The van der Waals surface area contributed by atoms with Crippen LogP contribution in [0.5, 0.6) is 0 Å². The van der Waals surface area contributed by atoms with E-state index in [0.29, 0.717) is 0 Å². The summed E-state index contributed by atoms with van der Waals surface area (Å²) >= 11 is 0. The third-order valence-electron chi connectivity index (χ3n) is 7.29. The molecule has 0 amide bonds. The molecular weight excluding hydrogens is 552 g/mol. The predicted octanol–water partition coefficient (Wildman–Crippen LogP) is 9.55. The van der Waals surface area contributed by atoms with Crippen LogP contribution in [0.15, 0.2) is 24.3 Å². The van der Waals surface area contributed by atoms with Crippen molar-refractivity contribution in [1.82, 2.24) is 0 Å². The molecule has 0 N–H and O–H groups in total. The van der Waals surface area contributed by atoms with Gasteiger partial charge in [-0.2, -0.15) is 0 Å². The van der Waals surface area contributed by atoms with Crippen molar-refractivity contribution in [2.45, 2.75) is 194 Å². The second-order valence-electron chi connectivity index (χ2n) is 11.4. The summed E-state index contributed by atoms with van der Waals surface area (Å²) < 4.78 is 0. The Hall–Kier alpha value is -1.06. The van der Waals surface area contributed by atoms with Crippen LogP contribution in [0.1, 0.15) is 194 Å². The van der Waals surface area contributed by atoms with Crippen LogP contribution in [-0.4, -0.2) is 11.9 Å². The van der Waals surface area contributed by atoms with E-state index in [2.05, 4.69) is 38.2 Å². The average molecular weight is 619 g/mol. The fraction of sp³-hybridized carbons (Fsp3) is 0.833. The molecule has 0 heterocycles. The number of carboxylic acid groups (broad SMARTS) is 2. The summed E-state index contributed by atoms with van der Waals surface area (Å²) in [5.74, 6) is -1.82. The summed E-state index contributed by atoms with van der Waals surface area (Å²) in [6.07, 6.45) is 41.8. The van der Waals surface area contributed by atoms with E-state index in [1.807, 2.05) is 0 Å². The number of carbonyl (C=O) groups is 2. The fourth-order valence-electron chi connectivity index (χ4n) is 4.65. The quantitative estimate of drug-likeness (QED) is 0.0456. The van der Waals surface area contributed by atoms with Gasteiger partial charge >= 0.3 is 17.1 Å². The molecule has 0 aromatic carbocycles. The predicted molar refractivity (Wildman–Crippen MR) is 169 cm³/mol. The molecule has 0 spiro atoms. The second kappa shape index (κ2) is 41.1. The normalized spacial score (nSPS) is 11.0. The molecule has 0 aromatic rings. The molecular formula is C36H66FeO4. The maximum absolute atomic E-state index is 10.2. The number of allylic oxidation sites excluding steroid dienone is 4. The van der Waals surface area contributed by atoms with E-state index < -0.39 is 11.9 Å². The molecule has 4 nitrogen and oxygen atoms in total. The van der Waals surface area contributed by atoms with Crippen LogP contribution in [0.3, 0.4) is 0 Å². The van der Waals surface area contributed by atoms with Gasteiger partial charge in [0.15, 0.2) is 0 Å². The van der Waals surface area contributed by atoms with Gasteiger partial charge in [0.25, 0.3) is 0 Å². The van der Waals surface area contributed by atoms with Gasteiger partial charge in [-0.15, -0.1) is 0 Å². The molecule has 0 fully saturated rings. The van der Waals surface area contributed by atoms with E-state index in [1.54, 1.807) is 0 Å². The maximum Gasteiger partial charge on any atom is 2.00 e. The Morgan fingerprint density at radius 3 is 0.854 bits per heavy atom. The zero-order valence-electron chi connectivity index (χ0n) is 27.1. The van der Waals surface area contributed by atoms with Crippen LogP contribution < -0.4 is 10.2 Å². The van der Waals surface area contributed by atoms with Crippen molar-refractivity contribution in [3.05, 3.63) is 24.3 Å². The van der Waals surface area contributed by atoms with Gasteiger partial charge < -0.3 is 19.8 Å². The van der Waals surface area contributed by atoms with Crippen molar-refractivity contribution < 1.29 is 36.9 Å². The average Bonchev–Trinajstić information content (AvgIpc) is 2.93. The molecule has 0 aliphatic rings. The van der Waals surface area contributed by atoms with Crippen LogP contribution >= 0.6 is 0 Å². The monoisotopic (exact) mass is 618 g/mol. The van der Waals surface area contributed by atoms with Crippen LogP contribution in [0, 0.1) is 0 Å². The fourth-order valence-corrected chi connectivity index (χ4v) is 4.65. The molecule has 0 atom stereocenters. The minimum atomic E-state index is -0.909. The van der Waals surface area contributed by atoms with Crippen LogP contribution in [-0.2, 0) is 26.7 Å². The summed E-state index contributed by atoms with van der Waals surface area (Å²) in [4.78, 5) is 20.4. The molecule has 0 aliphatic carbocycles. The summed E-state index contributed by atoms with van der Waals surface area (Å²) in [5.41, 5.74) is 0. The van der Waals surface area contributed by atoms with Gasteiger partial charge in [0.2, 0.25) is 0 Å². The first kappa shape index (κ1) is 44.4. The maximum atomic E-state index is 10.2. The van der Waals surface area contributed by atoms with Gasteiger partial charge in [0.05, 0.1) is 0 Å². The molecule has 0 rings (SSSR count). The summed E-state index contributed by atoms with van der Waals surface area (Å²) in [6, 6.07) is 0. The van der Waals surface area contributed by atoms with E-state index >= 15 is 0 Å². The van der Waals surface area contributed by atoms with E-state index in [9.17, 15) is 19.8 Å². The SMILES string of the molecule is CCCC/C=C\CCCCCCCCCCCC(=O)[O-].CCCC/C=C\CCCCCCCCCCCC(=O)[O-].[Fe+2]. The van der Waals surface area contributed by atoms with Crippen molar-refractivity contribution >= 4 is 11.9 Å². The van der Waals surface area contributed by atoms with Crippen LogP contribution in [0.25, 0.3) is 0 Å². The summed E-state index contributed by atoms with van der Waals surface area (Å²) in [6.45, 7) is 4.47. The Labute approximate surface area is 266 Å². The molecule has 0 saturated carbocycles. The number of hydrogen-bond donors (Lipinski definition) is 0. The minimum Gasteiger partial charge on any atom is -0.550 e. The molecule has 5 heteroatoms. The van der Waals surface area contributed by atoms with Crippen molar-refractivity contribution in [3.8, 4) is 0 Å². The number of aliphatic carboxylic acids is 2. The molecule has 0 aromatic heterocycles.